The second kappa shape index (κ2) is 4.09. The van der Waals surface area contributed by atoms with E-state index in [2.05, 4.69) is 0 Å². The topological polar surface area (TPSA) is 94.8 Å². The van der Waals surface area contributed by atoms with E-state index < -0.39 is 20.8 Å². The molecular weight excluding hydrogens is 280 g/mol. The summed E-state index contributed by atoms with van der Waals surface area (Å²) in [5.41, 5.74) is 0. The first kappa shape index (κ1) is 12.7. The van der Waals surface area contributed by atoms with Gasteiger partial charge in [-0.2, -0.15) is 8.42 Å². The predicted molar refractivity (Wildman–Crippen MR) is 74.6 cm³/mol. The van der Waals surface area contributed by atoms with Crippen LogP contribution in [-0.2, 0) is 10.1 Å². The lowest BCUT2D eigenvalue weighted by Crippen LogP contribution is -1.99. The van der Waals surface area contributed by atoms with E-state index in [-0.39, 0.29) is 11.1 Å². The lowest BCUT2D eigenvalue weighted by atomic mass is 10.0. The fourth-order valence-corrected chi connectivity index (χ4v) is 2.86. The molecule has 20 heavy (non-hydrogen) atoms. The van der Waals surface area contributed by atoms with E-state index in [1.54, 1.807) is 24.3 Å². The van der Waals surface area contributed by atoms with E-state index in [1.165, 1.54) is 0 Å². The van der Waals surface area contributed by atoms with Crippen LogP contribution in [0.2, 0.25) is 0 Å². The van der Waals surface area contributed by atoms with Gasteiger partial charge >= 0.3 is 0 Å². The van der Waals surface area contributed by atoms with Gasteiger partial charge in [-0.1, -0.05) is 24.3 Å². The van der Waals surface area contributed by atoms with Crippen molar-refractivity contribution in [3.05, 3.63) is 42.5 Å². The fourth-order valence-electron chi connectivity index (χ4n) is 2.25. The molecule has 0 saturated carbocycles. The van der Waals surface area contributed by atoms with Crippen molar-refractivity contribution in [2.45, 2.75) is 4.90 Å². The molecule has 102 valence electrons. The Balaban J connectivity index is 2.53. The summed E-state index contributed by atoms with van der Waals surface area (Å²) in [6.07, 6.45) is 0. The van der Waals surface area contributed by atoms with Gasteiger partial charge in [-0.15, -0.1) is 0 Å². The summed E-state index contributed by atoms with van der Waals surface area (Å²) in [5.74, 6) is -0.901. The Morgan fingerprint density at radius 2 is 1.40 bits per heavy atom. The first-order valence-electron chi connectivity index (χ1n) is 5.73. The van der Waals surface area contributed by atoms with Crippen LogP contribution in [0.3, 0.4) is 0 Å². The minimum Gasteiger partial charge on any atom is -0.507 e. The lowest BCUT2D eigenvalue weighted by Gasteiger charge is -2.09. The highest BCUT2D eigenvalue weighted by atomic mass is 32.2. The highest BCUT2D eigenvalue weighted by molar-refractivity contribution is 7.86. The summed E-state index contributed by atoms with van der Waals surface area (Å²) < 4.78 is 31.5. The minimum absolute atomic E-state index is 0.163. The Morgan fingerprint density at radius 1 is 0.850 bits per heavy atom. The molecular formula is C14H10O5S. The Hall–Kier alpha value is -2.31. The number of hydrogen-bond donors (Lipinski definition) is 3. The first-order chi connectivity index (χ1) is 9.38. The lowest BCUT2D eigenvalue weighted by molar-refractivity contribution is 0.440. The van der Waals surface area contributed by atoms with Crippen molar-refractivity contribution in [3.8, 4) is 11.5 Å². The second-order valence-electron chi connectivity index (χ2n) is 4.46. The minimum atomic E-state index is -4.61. The quantitative estimate of drug-likeness (QED) is 0.364. The zero-order chi connectivity index (χ0) is 14.5. The molecule has 0 radical (unpaired) electrons. The van der Waals surface area contributed by atoms with E-state index in [0.717, 1.165) is 16.8 Å². The molecule has 0 unspecified atom stereocenters. The van der Waals surface area contributed by atoms with Gasteiger partial charge in [-0.25, -0.2) is 0 Å². The summed E-state index contributed by atoms with van der Waals surface area (Å²) in [4.78, 5) is -0.710. The number of fused-ring (bicyclic) bond motifs is 2. The molecule has 0 aliphatic rings. The van der Waals surface area contributed by atoms with Crippen molar-refractivity contribution in [2.24, 2.45) is 0 Å². The van der Waals surface area contributed by atoms with Crippen LogP contribution in [0.4, 0.5) is 0 Å². The zero-order valence-electron chi connectivity index (χ0n) is 10.1. The van der Waals surface area contributed by atoms with E-state index in [0.29, 0.717) is 5.39 Å². The van der Waals surface area contributed by atoms with Crippen LogP contribution in [0, 0.1) is 0 Å². The number of phenolic OH excluding ortho intramolecular Hbond substituents is 2. The molecule has 5 nitrogen and oxygen atoms in total. The van der Waals surface area contributed by atoms with Gasteiger partial charge in [0.15, 0.2) is 0 Å². The molecule has 3 aromatic carbocycles. The molecule has 0 aliphatic carbocycles. The average Bonchev–Trinajstić information content (AvgIpc) is 2.40. The molecule has 0 bridgehead atoms. The van der Waals surface area contributed by atoms with Crippen LogP contribution in [0.1, 0.15) is 0 Å². The number of hydrogen-bond acceptors (Lipinski definition) is 4. The summed E-state index contributed by atoms with van der Waals surface area (Å²) in [6, 6.07) is 11.3. The number of rotatable bonds is 1. The van der Waals surface area contributed by atoms with Crippen LogP contribution in [0.15, 0.2) is 47.4 Å². The van der Waals surface area contributed by atoms with Gasteiger partial charge in [-0.05, 0) is 22.9 Å². The molecule has 3 aromatic rings. The van der Waals surface area contributed by atoms with Crippen LogP contribution >= 0.6 is 0 Å². The summed E-state index contributed by atoms with van der Waals surface area (Å²) in [5, 5.41) is 22.0. The highest BCUT2D eigenvalue weighted by Gasteiger charge is 2.20. The van der Waals surface area contributed by atoms with Gasteiger partial charge in [0.25, 0.3) is 10.1 Å². The third kappa shape index (κ3) is 1.86. The molecule has 3 rings (SSSR count). The monoisotopic (exact) mass is 290 g/mol. The standard InChI is InChI=1S/C14H10O5S/c15-12-7-13(20(17,18)19)14(16)11-6-9-4-2-1-3-8(9)5-10(11)12/h1-7,15-16H,(H,17,18,19). The Kier molecular flexibility index (Phi) is 2.60. The third-order valence-corrected chi connectivity index (χ3v) is 4.06. The van der Waals surface area contributed by atoms with Crippen LogP contribution < -0.4 is 0 Å². The molecule has 6 heteroatoms. The van der Waals surface area contributed by atoms with Crippen molar-refractivity contribution in [2.75, 3.05) is 0 Å². The highest BCUT2D eigenvalue weighted by Crippen LogP contribution is 2.39. The van der Waals surface area contributed by atoms with Gasteiger partial charge in [-0.3, -0.25) is 4.55 Å². The summed E-state index contributed by atoms with van der Waals surface area (Å²) in [6.45, 7) is 0. The normalized spacial score (nSPS) is 12.1. The summed E-state index contributed by atoms with van der Waals surface area (Å²) >= 11 is 0. The summed E-state index contributed by atoms with van der Waals surface area (Å²) in [7, 11) is -4.61. The first-order valence-corrected chi connectivity index (χ1v) is 7.17. The van der Waals surface area contributed by atoms with E-state index in [9.17, 15) is 18.6 Å². The van der Waals surface area contributed by atoms with Crippen molar-refractivity contribution in [1.82, 2.24) is 0 Å². The van der Waals surface area contributed by atoms with Crippen molar-refractivity contribution in [1.29, 1.82) is 0 Å². The molecule has 0 aliphatic heterocycles. The average molecular weight is 290 g/mol. The Morgan fingerprint density at radius 3 is 1.95 bits per heavy atom. The van der Waals surface area contributed by atoms with Crippen LogP contribution in [0.5, 0.6) is 11.5 Å². The van der Waals surface area contributed by atoms with Crippen molar-refractivity contribution < 1.29 is 23.2 Å². The van der Waals surface area contributed by atoms with E-state index in [4.69, 9.17) is 4.55 Å². The van der Waals surface area contributed by atoms with E-state index >= 15 is 0 Å². The second-order valence-corrected chi connectivity index (χ2v) is 5.85. The molecule has 0 amide bonds. The smallest absolute Gasteiger partial charge is 0.298 e. The SMILES string of the molecule is O=S(=O)(O)c1cc(O)c2cc3ccccc3cc2c1O. The zero-order valence-corrected chi connectivity index (χ0v) is 10.9. The molecule has 0 fully saturated rings. The maximum Gasteiger partial charge on any atom is 0.298 e. The molecule has 0 spiro atoms. The fraction of sp³-hybridized carbons (Fsp3) is 0. The Bertz CT molecular complexity index is 945. The molecule has 0 heterocycles. The van der Waals surface area contributed by atoms with Gasteiger partial charge in [0.2, 0.25) is 0 Å². The molecule has 0 atom stereocenters. The largest absolute Gasteiger partial charge is 0.507 e. The predicted octanol–water partition coefficient (Wildman–Crippen LogP) is 2.65. The Labute approximate surface area is 114 Å². The van der Waals surface area contributed by atoms with Crippen LogP contribution in [-0.4, -0.2) is 23.2 Å². The number of phenols is 2. The maximum absolute atomic E-state index is 11.2. The third-order valence-electron chi connectivity index (χ3n) is 3.20. The van der Waals surface area contributed by atoms with E-state index in [1.807, 2.05) is 12.1 Å². The molecule has 0 saturated heterocycles. The molecule has 3 N–H and O–H groups in total. The van der Waals surface area contributed by atoms with Crippen LogP contribution in [0.25, 0.3) is 21.5 Å². The van der Waals surface area contributed by atoms with Gasteiger partial charge in [0, 0.05) is 16.8 Å². The molecule has 0 aromatic heterocycles. The van der Waals surface area contributed by atoms with Gasteiger partial charge < -0.3 is 10.2 Å². The van der Waals surface area contributed by atoms with Gasteiger partial charge in [0.1, 0.15) is 16.4 Å². The maximum atomic E-state index is 11.2. The van der Waals surface area contributed by atoms with Crippen molar-refractivity contribution in [3.63, 3.8) is 0 Å². The number of benzene rings is 3. The number of aromatic hydroxyl groups is 2. The van der Waals surface area contributed by atoms with Crippen molar-refractivity contribution >= 4 is 31.7 Å². The van der Waals surface area contributed by atoms with Gasteiger partial charge in [0.05, 0.1) is 0 Å².